The van der Waals surface area contributed by atoms with Crippen LogP contribution in [0.4, 0.5) is 0 Å². The van der Waals surface area contributed by atoms with Gasteiger partial charge in [-0.2, -0.15) is 0 Å². The summed E-state index contributed by atoms with van der Waals surface area (Å²) in [5, 5.41) is 0. The minimum atomic E-state index is 0.457. The second-order valence-corrected chi connectivity index (χ2v) is 8.41. The van der Waals surface area contributed by atoms with Crippen LogP contribution in [0.5, 0.6) is 0 Å². The molecular weight excluding hydrogens is 240 g/mol. The van der Waals surface area contributed by atoms with Crippen molar-refractivity contribution in [1.82, 2.24) is 0 Å². The Hall–Kier alpha value is -0.780. The van der Waals surface area contributed by atoms with E-state index in [4.69, 9.17) is 0 Å². The lowest BCUT2D eigenvalue weighted by atomic mass is 9.48. The third-order valence-corrected chi connectivity index (χ3v) is 6.19. The van der Waals surface area contributed by atoms with E-state index in [0.717, 1.165) is 17.8 Å². The smallest absolute Gasteiger partial charge is 0.00365 e. The van der Waals surface area contributed by atoms with Crippen LogP contribution in [0.3, 0.4) is 0 Å². The Morgan fingerprint density at radius 1 is 1.05 bits per heavy atom. The van der Waals surface area contributed by atoms with Gasteiger partial charge in [0.1, 0.15) is 0 Å². The van der Waals surface area contributed by atoms with Gasteiger partial charge in [-0.05, 0) is 59.8 Å². The topological polar surface area (TPSA) is 0 Å². The highest BCUT2D eigenvalue weighted by atomic mass is 14.6. The summed E-state index contributed by atoms with van der Waals surface area (Å²) in [4.78, 5) is 0. The first-order valence-corrected chi connectivity index (χ1v) is 8.51. The van der Waals surface area contributed by atoms with E-state index in [2.05, 4.69) is 58.0 Å². The molecule has 0 aliphatic heterocycles. The molecule has 2 aliphatic carbocycles. The first-order chi connectivity index (χ1) is 9.46. The summed E-state index contributed by atoms with van der Waals surface area (Å²) in [5.41, 5.74) is 2.57. The fourth-order valence-corrected chi connectivity index (χ4v) is 5.90. The highest BCUT2D eigenvalue weighted by Crippen LogP contribution is 2.60. The summed E-state index contributed by atoms with van der Waals surface area (Å²) in [7, 11) is 0. The van der Waals surface area contributed by atoms with Crippen molar-refractivity contribution in [2.45, 2.75) is 65.2 Å². The van der Waals surface area contributed by atoms with Crippen molar-refractivity contribution in [3.63, 3.8) is 0 Å². The third kappa shape index (κ3) is 2.32. The maximum Gasteiger partial charge on any atom is -0.00365 e. The molecule has 4 unspecified atom stereocenters. The van der Waals surface area contributed by atoms with E-state index in [-0.39, 0.29) is 0 Å². The maximum atomic E-state index is 2.51. The molecule has 0 spiro atoms. The van der Waals surface area contributed by atoms with Gasteiger partial charge in [0.05, 0.1) is 0 Å². The zero-order chi connectivity index (χ0) is 14.4. The highest BCUT2D eigenvalue weighted by Gasteiger charge is 2.51. The summed E-state index contributed by atoms with van der Waals surface area (Å²) in [6.07, 6.45) is 7.01. The Morgan fingerprint density at radius 2 is 1.75 bits per heavy atom. The van der Waals surface area contributed by atoms with Crippen molar-refractivity contribution in [2.75, 3.05) is 0 Å². The van der Waals surface area contributed by atoms with E-state index < -0.39 is 0 Å². The zero-order valence-electron chi connectivity index (χ0n) is 13.7. The second kappa shape index (κ2) is 4.90. The Labute approximate surface area is 125 Å². The summed E-state index contributed by atoms with van der Waals surface area (Å²) >= 11 is 0. The average Bonchev–Trinajstić information content (AvgIpc) is 2.38. The van der Waals surface area contributed by atoms with Crippen molar-refractivity contribution >= 4 is 0 Å². The molecule has 0 saturated heterocycles. The fourth-order valence-electron chi connectivity index (χ4n) is 5.90. The van der Waals surface area contributed by atoms with E-state index in [1.807, 2.05) is 0 Å². The van der Waals surface area contributed by atoms with Gasteiger partial charge < -0.3 is 0 Å². The highest BCUT2D eigenvalue weighted by molar-refractivity contribution is 5.28. The van der Waals surface area contributed by atoms with Crippen LogP contribution in [0, 0.1) is 23.2 Å². The molecule has 1 aromatic carbocycles. The molecule has 0 heterocycles. The van der Waals surface area contributed by atoms with Crippen molar-refractivity contribution < 1.29 is 0 Å². The fraction of sp³-hybridized carbons (Fsp3) is 0.700. The number of hydrogen-bond donors (Lipinski definition) is 0. The predicted molar refractivity (Wildman–Crippen MR) is 86.8 cm³/mol. The van der Waals surface area contributed by atoms with Crippen LogP contribution in [-0.2, 0) is 5.41 Å². The van der Waals surface area contributed by atoms with Crippen LogP contribution in [0.25, 0.3) is 0 Å². The molecule has 0 radical (unpaired) electrons. The van der Waals surface area contributed by atoms with Gasteiger partial charge in [0.15, 0.2) is 0 Å². The molecule has 0 nitrogen and oxygen atoms in total. The van der Waals surface area contributed by atoms with E-state index in [1.54, 1.807) is 5.56 Å². The SMILES string of the molecule is CCC1C(C)CC2(c3ccccc3)CC1CC(C)(C)C2. The van der Waals surface area contributed by atoms with Crippen LogP contribution in [-0.4, -0.2) is 0 Å². The Balaban J connectivity index is 2.01. The summed E-state index contributed by atoms with van der Waals surface area (Å²) in [5.74, 6) is 2.77. The normalized spacial score (nSPS) is 39.5. The summed E-state index contributed by atoms with van der Waals surface area (Å²) < 4.78 is 0. The molecule has 2 fully saturated rings. The van der Waals surface area contributed by atoms with Gasteiger partial charge in [-0.1, -0.05) is 64.4 Å². The van der Waals surface area contributed by atoms with Gasteiger partial charge in [0.25, 0.3) is 0 Å². The predicted octanol–water partition coefficient (Wildman–Crippen LogP) is 5.82. The Morgan fingerprint density at radius 3 is 2.40 bits per heavy atom. The molecule has 2 aliphatic rings. The Kier molecular flexibility index (Phi) is 3.47. The molecular formula is C20H30. The van der Waals surface area contributed by atoms with Crippen molar-refractivity contribution in [3.05, 3.63) is 35.9 Å². The van der Waals surface area contributed by atoms with Gasteiger partial charge in [0.2, 0.25) is 0 Å². The van der Waals surface area contributed by atoms with Crippen molar-refractivity contribution in [2.24, 2.45) is 23.2 Å². The van der Waals surface area contributed by atoms with Crippen LogP contribution in [0.1, 0.15) is 65.4 Å². The van der Waals surface area contributed by atoms with Gasteiger partial charge in [-0.15, -0.1) is 0 Å². The third-order valence-electron chi connectivity index (χ3n) is 6.19. The second-order valence-electron chi connectivity index (χ2n) is 8.41. The minimum absolute atomic E-state index is 0.457. The van der Waals surface area contributed by atoms with Crippen LogP contribution >= 0.6 is 0 Å². The molecule has 1 aromatic rings. The molecule has 2 saturated carbocycles. The molecule has 2 bridgehead atoms. The first kappa shape index (κ1) is 14.2. The molecule has 4 atom stereocenters. The number of rotatable bonds is 2. The van der Waals surface area contributed by atoms with E-state index >= 15 is 0 Å². The van der Waals surface area contributed by atoms with E-state index in [0.29, 0.717) is 10.8 Å². The molecule has 0 aromatic heterocycles. The lowest BCUT2D eigenvalue weighted by Crippen LogP contribution is -2.49. The van der Waals surface area contributed by atoms with Gasteiger partial charge >= 0.3 is 0 Å². The van der Waals surface area contributed by atoms with Crippen LogP contribution in [0.2, 0.25) is 0 Å². The van der Waals surface area contributed by atoms with Gasteiger partial charge in [0, 0.05) is 0 Å². The number of benzene rings is 1. The molecule has 3 rings (SSSR count). The van der Waals surface area contributed by atoms with Crippen LogP contribution in [0.15, 0.2) is 30.3 Å². The van der Waals surface area contributed by atoms with Crippen LogP contribution < -0.4 is 0 Å². The van der Waals surface area contributed by atoms with Gasteiger partial charge in [-0.3, -0.25) is 0 Å². The van der Waals surface area contributed by atoms with E-state index in [1.165, 1.54) is 32.1 Å². The lowest BCUT2D eigenvalue weighted by molar-refractivity contribution is -0.0152. The molecule has 0 amide bonds. The standard InChI is InChI=1S/C20H30/c1-5-18-15(2)11-20(17-9-7-6-8-10-17)13-16(18)12-19(3,4)14-20/h6-10,15-16,18H,5,11-14H2,1-4H3. The minimum Gasteiger partial charge on any atom is -0.0651 e. The zero-order valence-corrected chi connectivity index (χ0v) is 13.7. The average molecular weight is 270 g/mol. The molecule has 20 heavy (non-hydrogen) atoms. The summed E-state index contributed by atoms with van der Waals surface area (Å²) in [6.45, 7) is 9.91. The van der Waals surface area contributed by atoms with Gasteiger partial charge in [-0.25, -0.2) is 0 Å². The first-order valence-electron chi connectivity index (χ1n) is 8.51. The number of fused-ring (bicyclic) bond motifs is 2. The molecule has 110 valence electrons. The quantitative estimate of drug-likeness (QED) is 0.635. The van der Waals surface area contributed by atoms with Crippen molar-refractivity contribution in [1.29, 1.82) is 0 Å². The maximum absolute atomic E-state index is 2.51. The molecule has 0 N–H and O–H groups in total. The summed E-state index contributed by atoms with van der Waals surface area (Å²) in [6, 6.07) is 11.4. The largest absolute Gasteiger partial charge is 0.0651 e. The monoisotopic (exact) mass is 270 g/mol. The van der Waals surface area contributed by atoms with Crippen molar-refractivity contribution in [3.8, 4) is 0 Å². The number of hydrogen-bond acceptors (Lipinski definition) is 0. The Bertz CT molecular complexity index is 454. The lowest BCUT2D eigenvalue weighted by Gasteiger charge is -2.57. The van der Waals surface area contributed by atoms with E-state index in [9.17, 15) is 0 Å². The molecule has 0 heteroatoms.